The molecule has 0 bridgehead atoms. The fourth-order valence-corrected chi connectivity index (χ4v) is 3.41. The van der Waals surface area contributed by atoms with Gasteiger partial charge in [0.25, 0.3) is 0 Å². The number of fused-ring (bicyclic) bond motifs is 1. The number of ketones is 1. The van der Waals surface area contributed by atoms with Gasteiger partial charge in [-0.25, -0.2) is 0 Å². The number of allylic oxidation sites excluding steroid dienone is 2. The first-order chi connectivity index (χ1) is 10.6. The van der Waals surface area contributed by atoms with Crippen LogP contribution < -0.4 is 5.32 Å². The maximum Gasteiger partial charge on any atom is 0.248 e. The van der Waals surface area contributed by atoms with Crippen LogP contribution in [-0.2, 0) is 4.79 Å². The van der Waals surface area contributed by atoms with Crippen molar-refractivity contribution in [2.24, 2.45) is 5.41 Å². The van der Waals surface area contributed by atoms with Crippen LogP contribution in [0.3, 0.4) is 0 Å². The van der Waals surface area contributed by atoms with E-state index in [9.17, 15) is 4.79 Å². The number of nitrogens with zero attached hydrogens (tertiary/aromatic N) is 4. The Morgan fingerprint density at radius 1 is 1.23 bits per heavy atom. The molecule has 1 aliphatic carbocycles. The molecule has 1 atom stereocenters. The van der Waals surface area contributed by atoms with Gasteiger partial charge in [-0.15, -0.1) is 0 Å². The van der Waals surface area contributed by atoms with Crippen molar-refractivity contribution >= 4 is 11.7 Å². The molecular weight excluding hydrogens is 278 g/mol. The monoisotopic (exact) mass is 295 g/mol. The van der Waals surface area contributed by atoms with Gasteiger partial charge in [-0.3, -0.25) is 4.79 Å². The molecular formula is C16H17N5O. The summed E-state index contributed by atoms with van der Waals surface area (Å²) in [6.45, 7) is 4.23. The highest BCUT2D eigenvalue weighted by Gasteiger charge is 2.41. The van der Waals surface area contributed by atoms with Crippen LogP contribution in [0.1, 0.15) is 38.3 Å². The molecule has 1 aromatic carbocycles. The smallest absolute Gasteiger partial charge is 0.248 e. The molecule has 6 heteroatoms. The first-order valence-electron chi connectivity index (χ1n) is 7.41. The number of carbonyl (C=O) groups is 1. The number of nitrogens with one attached hydrogen (secondary N) is 1. The van der Waals surface area contributed by atoms with Gasteiger partial charge in [0.05, 0.1) is 0 Å². The maximum absolute atomic E-state index is 12.8. The molecule has 0 saturated heterocycles. The van der Waals surface area contributed by atoms with E-state index in [0.29, 0.717) is 12.4 Å². The van der Waals surface area contributed by atoms with Crippen molar-refractivity contribution in [1.82, 2.24) is 20.2 Å². The first kappa shape index (κ1) is 13.2. The lowest BCUT2D eigenvalue weighted by molar-refractivity contribution is -0.118. The fraction of sp³-hybridized carbons (Fsp3) is 0.375. The summed E-state index contributed by atoms with van der Waals surface area (Å²) >= 11 is 0. The van der Waals surface area contributed by atoms with Crippen LogP contribution in [-0.4, -0.2) is 26.0 Å². The van der Waals surface area contributed by atoms with E-state index in [-0.39, 0.29) is 17.2 Å². The van der Waals surface area contributed by atoms with E-state index >= 15 is 0 Å². The highest BCUT2D eigenvalue weighted by molar-refractivity contribution is 6.00. The summed E-state index contributed by atoms with van der Waals surface area (Å²) in [5.41, 5.74) is 2.74. The Hall–Kier alpha value is -2.50. The average Bonchev–Trinajstić information content (AvgIpc) is 2.92. The molecule has 0 saturated carbocycles. The van der Waals surface area contributed by atoms with Gasteiger partial charge in [0, 0.05) is 17.7 Å². The normalized spacial score (nSPS) is 22.8. The number of Topliss-reactive ketones (excluding diaryl/α,β-unsaturated/α-hetero) is 1. The quantitative estimate of drug-likeness (QED) is 0.874. The molecule has 2 aromatic rings. The van der Waals surface area contributed by atoms with Crippen LogP contribution in [0, 0.1) is 5.41 Å². The zero-order valence-corrected chi connectivity index (χ0v) is 12.6. The molecule has 6 nitrogen and oxygen atoms in total. The van der Waals surface area contributed by atoms with Crippen molar-refractivity contribution in [3.8, 4) is 0 Å². The summed E-state index contributed by atoms with van der Waals surface area (Å²) in [7, 11) is 0. The van der Waals surface area contributed by atoms with E-state index in [4.69, 9.17) is 0 Å². The standard InChI is InChI=1S/C16H17N5O/c1-16(2)8-11-13(12(22)9-16)14(10-6-4-3-5-7-10)21-15(17-11)18-19-20-21/h3-7,14H,8-9H2,1-2H3,(H,17,18,20)/t14-/m1/s1. The first-order valence-corrected chi connectivity index (χ1v) is 7.41. The van der Waals surface area contributed by atoms with Gasteiger partial charge >= 0.3 is 0 Å². The molecule has 0 fully saturated rings. The molecule has 2 aliphatic rings. The Balaban J connectivity index is 1.91. The SMILES string of the molecule is CC1(C)CC(=O)C2=C(C1)Nc1nnnn1[C@@H]2c1ccccc1. The van der Waals surface area contributed by atoms with Crippen molar-refractivity contribution in [2.75, 3.05) is 5.32 Å². The lowest BCUT2D eigenvalue weighted by Crippen LogP contribution is -2.36. The number of hydrogen-bond donors (Lipinski definition) is 1. The molecule has 2 heterocycles. The number of tetrazole rings is 1. The topological polar surface area (TPSA) is 72.7 Å². The fourth-order valence-electron chi connectivity index (χ4n) is 3.41. The Bertz CT molecular complexity index is 775. The van der Waals surface area contributed by atoms with Crippen molar-refractivity contribution in [3.63, 3.8) is 0 Å². The number of carbonyl (C=O) groups excluding carboxylic acids is 1. The van der Waals surface area contributed by atoms with Crippen LogP contribution in [0.2, 0.25) is 0 Å². The highest BCUT2D eigenvalue weighted by atomic mass is 16.1. The molecule has 22 heavy (non-hydrogen) atoms. The predicted octanol–water partition coefficient (Wildman–Crippen LogP) is 2.33. The van der Waals surface area contributed by atoms with Gasteiger partial charge in [0.2, 0.25) is 5.95 Å². The van der Waals surface area contributed by atoms with Gasteiger partial charge in [-0.2, -0.15) is 4.68 Å². The molecule has 0 amide bonds. The Morgan fingerprint density at radius 2 is 2.00 bits per heavy atom. The molecule has 0 unspecified atom stereocenters. The second kappa shape index (κ2) is 4.50. The van der Waals surface area contributed by atoms with E-state index in [2.05, 4.69) is 34.7 Å². The Morgan fingerprint density at radius 3 is 2.77 bits per heavy atom. The minimum Gasteiger partial charge on any atom is -0.326 e. The summed E-state index contributed by atoms with van der Waals surface area (Å²) in [4.78, 5) is 12.8. The number of rotatable bonds is 1. The van der Waals surface area contributed by atoms with Gasteiger partial charge in [0.1, 0.15) is 6.04 Å². The van der Waals surface area contributed by atoms with Gasteiger partial charge < -0.3 is 5.32 Å². The molecule has 0 spiro atoms. The average molecular weight is 295 g/mol. The summed E-state index contributed by atoms with van der Waals surface area (Å²) in [5.74, 6) is 0.770. The van der Waals surface area contributed by atoms with Crippen molar-refractivity contribution in [3.05, 3.63) is 47.2 Å². The molecule has 0 radical (unpaired) electrons. The van der Waals surface area contributed by atoms with E-state index in [1.54, 1.807) is 4.68 Å². The van der Waals surface area contributed by atoms with E-state index in [1.165, 1.54) is 0 Å². The summed E-state index contributed by atoms with van der Waals surface area (Å²) in [6.07, 6.45) is 1.37. The molecule has 1 N–H and O–H groups in total. The molecule has 4 rings (SSSR count). The molecule has 1 aromatic heterocycles. The van der Waals surface area contributed by atoms with Crippen LogP contribution in [0.15, 0.2) is 41.6 Å². The van der Waals surface area contributed by atoms with E-state index in [0.717, 1.165) is 23.3 Å². The van der Waals surface area contributed by atoms with Gasteiger partial charge in [-0.1, -0.05) is 49.3 Å². The minimum absolute atomic E-state index is 0.0419. The van der Waals surface area contributed by atoms with Crippen LogP contribution in [0.4, 0.5) is 5.95 Å². The number of aromatic nitrogens is 4. The zero-order chi connectivity index (χ0) is 15.3. The molecule has 112 valence electrons. The highest BCUT2D eigenvalue weighted by Crippen LogP contribution is 2.44. The lowest BCUT2D eigenvalue weighted by Gasteiger charge is -2.37. The van der Waals surface area contributed by atoms with Crippen molar-refractivity contribution in [1.29, 1.82) is 0 Å². The summed E-state index contributed by atoms with van der Waals surface area (Å²) in [5, 5.41) is 15.1. The Kier molecular flexibility index (Phi) is 2.69. The third kappa shape index (κ3) is 1.94. The van der Waals surface area contributed by atoms with Crippen molar-refractivity contribution < 1.29 is 4.79 Å². The van der Waals surface area contributed by atoms with Crippen LogP contribution >= 0.6 is 0 Å². The summed E-state index contributed by atoms with van der Waals surface area (Å²) < 4.78 is 1.70. The Labute approximate surface area is 128 Å². The van der Waals surface area contributed by atoms with Gasteiger partial charge in [0.15, 0.2) is 5.78 Å². The van der Waals surface area contributed by atoms with E-state index in [1.807, 2.05) is 30.3 Å². The minimum atomic E-state index is -0.244. The van der Waals surface area contributed by atoms with E-state index < -0.39 is 0 Å². The van der Waals surface area contributed by atoms with Crippen molar-refractivity contribution in [2.45, 2.75) is 32.7 Å². The number of anilines is 1. The predicted molar refractivity (Wildman–Crippen MR) is 81.1 cm³/mol. The lowest BCUT2D eigenvalue weighted by atomic mass is 9.73. The number of hydrogen-bond acceptors (Lipinski definition) is 5. The second-order valence-electron chi connectivity index (χ2n) is 6.72. The second-order valence-corrected chi connectivity index (χ2v) is 6.72. The zero-order valence-electron chi connectivity index (χ0n) is 12.6. The van der Waals surface area contributed by atoms with Gasteiger partial charge in [-0.05, 0) is 27.8 Å². The third-order valence-corrected chi connectivity index (χ3v) is 4.31. The maximum atomic E-state index is 12.8. The number of benzene rings is 1. The van der Waals surface area contributed by atoms with Crippen LogP contribution in [0.5, 0.6) is 0 Å². The summed E-state index contributed by atoms with van der Waals surface area (Å²) in [6, 6.07) is 9.69. The van der Waals surface area contributed by atoms with Crippen LogP contribution in [0.25, 0.3) is 0 Å². The third-order valence-electron chi connectivity index (χ3n) is 4.31. The largest absolute Gasteiger partial charge is 0.326 e. The molecule has 1 aliphatic heterocycles.